The third-order valence-electron chi connectivity index (χ3n) is 4.54. The van der Waals surface area contributed by atoms with Gasteiger partial charge in [-0.3, -0.25) is 9.59 Å². The van der Waals surface area contributed by atoms with Crippen LogP contribution >= 0.6 is 0 Å². The second-order valence-corrected chi connectivity index (χ2v) is 7.20. The van der Waals surface area contributed by atoms with Crippen molar-refractivity contribution in [1.82, 2.24) is 0 Å². The Morgan fingerprint density at radius 2 is 1.30 bits per heavy atom. The van der Waals surface area contributed by atoms with Gasteiger partial charge < -0.3 is 9.47 Å². The third kappa shape index (κ3) is 13.0. The van der Waals surface area contributed by atoms with Gasteiger partial charge in [0.1, 0.15) is 6.61 Å². The second kappa shape index (κ2) is 15.2. The number of rotatable bonds is 15. The van der Waals surface area contributed by atoms with E-state index in [2.05, 4.69) is 6.92 Å². The van der Waals surface area contributed by atoms with Gasteiger partial charge in [0.15, 0.2) is 0 Å². The summed E-state index contributed by atoms with van der Waals surface area (Å²) in [6.45, 7) is 5.09. The minimum atomic E-state index is -0.124. The number of hydrogen-bond donors (Lipinski definition) is 0. The van der Waals surface area contributed by atoms with Gasteiger partial charge in [0.05, 0.1) is 6.61 Å². The molecule has 1 aromatic rings. The molecule has 4 nitrogen and oxygen atoms in total. The lowest BCUT2D eigenvalue weighted by molar-refractivity contribution is -0.145. The monoisotopic (exact) mass is 376 g/mol. The van der Waals surface area contributed by atoms with Crippen molar-refractivity contribution in [3.63, 3.8) is 0 Å². The molecule has 0 amide bonds. The summed E-state index contributed by atoms with van der Waals surface area (Å²) in [5.74, 6) is -0.191. The fourth-order valence-corrected chi connectivity index (χ4v) is 2.78. The lowest BCUT2D eigenvalue weighted by Gasteiger charge is -2.06. The predicted octanol–water partition coefficient (Wildman–Crippen LogP) is 5.89. The summed E-state index contributed by atoms with van der Waals surface area (Å²) in [4.78, 5) is 23.3. The van der Waals surface area contributed by atoms with E-state index >= 15 is 0 Å². The second-order valence-electron chi connectivity index (χ2n) is 7.20. The molecule has 1 aromatic carbocycles. The van der Waals surface area contributed by atoms with Crippen LogP contribution in [-0.4, -0.2) is 18.5 Å². The van der Waals surface area contributed by atoms with Gasteiger partial charge in [-0.05, 0) is 31.7 Å². The minimum Gasteiger partial charge on any atom is -0.466 e. The van der Waals surface area contributed by atoms with Crippen molar-refractivity contribution in [2.75, 3.05) is 6.61 Å². The molecule has 152 valence electrons. The van der Waals surface area contributed by atoms with Crippen LogP contribution in [0.1, 0.15) is 88.7 Å². The minimum absolute atomic E-state index is 0.0672. The average molecular weight is 377 g/mol. The molecule has 0 spiro atoms. The summed E-state index contributed by atoms with van der Waals surface area (Å²) < 4.78 is 10.5. The highest BCUT2D eigenvalue weighted by Gasteiger charge is 2.04. The van der Waals surface area contributed by atoms with Gasteiger partial charge in [0.25, 0.3) is 0 Å². The molecule has 0 aliphatic heterocycles. The summed E-state index contributed by atoms with van der Waals surface area (Å²) in [5.41, 5.74) is 2.23. The summed E-state index contributed by atoms with van der Waals surface area (Å²) in [7, 11) is 0. The molecule has 0 bridgehead atoms. The van der Waals surface area contributed by atoms with E-state index in [1.165, 1.54) is 5.56 Å². The van der Waals surface area contributed by atoms with Gasteiger partial charge in [0.2, 0.25) is 0 Å². The number of aryl methyl sites for hydroxylation is 1. The Bertz CT molecular complexity index is 522. The zero-order valence-corrected chi connectivity index (χ0v) is 17.1. The average Bonchev–Trinajstić information content (AvgIpc) is 2.67. The number of esters is 2. The van der Waals surface area contributed by atoms with Gasteiger partial charge >= 0.3 is 11.9 Å². The maximum absolute atomic E-state index is 11.7. The van der Waals surface area contributed by atoms with Crippen LogP contribution in [0, 0.1) is 6.92 Å². The lowest BCUT2D eigenvalue weighted by atomic mass is 10.1. The van der Waals surface area contributed by atoms with Crippen molar-refractivity contribution in [3.05, 3.63) is 35.4 Å². The van der Waals surface area contributed by atoms with Gasteiger partial charge in [0, 0.05) is 12.8 Å². The van der Waals surface area contributed by atoms with Gasteiger partial charge in [-0.15, -0.1) is 0 Å². The Kier molecular flexibility index (Phi) is 13.1. The lowest BCUT2D eigenvalue weighted by Crippen LogP contribution is -2.05. The molecule has 0 N–H and O–H groups in total. The molecule has 0 heterocycles. The van der Waals surface area contributed by atoms with Crippen molar-refractivity contribution in [1.29, 1.82) is 0 Å². The highest BCUT2D eigenvalue weighted by Crippen LogP contribution is 2.11. The fraction of sp³-hybridized carbons (Fsp3) is 0.652. The third-order valence-corrected chi connectivity index (χ3v) is 4.54. The smallest absolute Gasteiger partial charge is 0.306 e. The highest BCUT2D eigenvalue weighted by molar-refractivity contribution is 5.69. The maximum Gasteiger partial charge on any atom is 0.306 e. The molecule has 0 unspecified atom stereocenters. The number of carbonyl (C=O) groups is 2. The van der Waals surface area contributed by atoms with Crippen LogP contribution in [-0.2, 0) is 25.7 Å². The van der Waals surface area contributed by atoms with Crippen LogP contribution in [0.5, 0.6) is 0 Å². The molecular formula is C23H36O4. The summed E-state index contributed by atoms with van der Waals surface area (Å²) >= 11 is 0. The molecule has 0 aromatic heterocycles. The fourth-order valence-electron chi connectivity index (χ4n) is 2.78. The van der Waals surface area contributed by atoms with E-state index < -0.39 is 0 Å². The van der Waals surface area contributed by atoms with Crippen molar-refractivity contribution in [3.8, 4) is 0 Å². The Balaban J connectivity index is 1.90. The SMILES string of the molecule is CCCCCOC(=O)CCCCCCCCC(=O)OCc1ccc(C)cc1. The van der Waals surface area contributed by atoms with E-state index in [1.807, 2.05) is 31.2 Å². The molecule has 0 radical (unpaired) electrons. The summed E-state index contributed by atoms with van der Waals surface area (Å²) in [6.07, 6.45) is 10.3. The number of benzene rings is 1. The summed E-state index contributed by atoms with van der Waals surface area (Å²) in [5, 5.41) is 0. The quantitative estimate of drug-likeness (QED) is 0.283. The van der Waals surface area contributed by atoms with Crippen LogP contribution in [0.4, 0.5) is 0 Å². The zero-order valence-electron chi connectivity index (χ0n) is 17.1. The maximum atomic E-state index is 11.7. The van der Waals surface area contributed by atoms with Crippen LogP contribution < -0.4 is 0 Å². The van der Waals surface area contributed by atoms with Gasteiger partial charge in [-0.2, -0.15) is 0 Å². The van der Waals surface area contributed by atoms with Crippen molar-refractivity contribution >= 4 is 11.9 Å². The molecule has 0 saturated carbocycles. The zero-order chi connectivity index (χ0) is 19.7. The molecule has 0 saturated heterocycles. The first-order valence-electron chi connectivity index (χ1n) is 10.5. The van der Waals surface area contributed by atoms with E-state index in [0.29, 0.717) is 26.1 Å². The first-order chi connectivity index (χ1) is 13.1. The van der Waals surface area contributed by atoms with Crippen LogP contribution in [0.15, 0.2) is 24.3 Å². The normalized spacial score (nSPS) is 10.6. The Hall–Kier alpha value is -1.84. The molecule has 0 atom stereocenters. The molecular weight excluding hydrogens is 340 g/mol. The molecule has 1 rings (SSSR count). The van der Waals surface area contributed by atoms with E-state index in [4.69, 9.17) is 9.47 Å². The first kappa shape index (κ1) is 23.2. The number of unbranched alkanes of at least 4 members (excludes halogenated alkanes) is 7. The van der Waals surface area contributed by atoms with Crippen molar-refractivity contribution in [2.24, 2.45) is 0 Å². The molecule has 27 heavy (non-hydrogen) atoms. The van der Waals surface area contributed by atoms with Crippen molar-refractivity contribution in [2.45, 2.75) is 91.1 Å². The van der Waals surface area contributed by atoms with Crippen LogP contribution in [0.25, 0.3) is 0 Å². The largest absolute Gasteiger partial charge is 0.466 e. The standard InChI is InChI=1S/C23H36O4/c1-3-4-11-18-26-22(24)12-9-7-5-6-8-10-13-23(25)27-19-21-16-14-20(2)15-17-21/h14-17H,3-13,18-19H2,1-2H3. The number of carbonyl (C=O) groups excluding carboxylic acids is 2. The van der Waals surface area contributed by atoms with Gasteiger partial charge in [-0.25, -0.2) is 0 Å². The van der Waals surface area contributed by atoms with Crippen LogP contribution in [0.3, 0.4) is 0 Å². The molecule has 0 aliphatic carbocycles. The molecule has 0 fully saturated rings. The Morgan fingerprint density at radius 1 is 0.741 bits per heavy atom. The Morgan fingerprint density at radius 3 is 1.89 bits per heavy atom. The van der Waals surface area contributed by atoms with Crippen LogP contribution in [0.2, 0.25) is 0 Å². The van der Waals surface area contributed by atoms with E-state index in [-0.39, 0.29) is 11.9 Å². The van der Waals surface area contributed by atoms with E-state index in [9.17, 15) is 9.59 Å². The van der Waals surface area contributed by atoms with Crippen molar-refractivity contribution < 1.29 is 19.1 Å². The highest BCUT2D eigenvalue weighted by atomic mass is 16.5. The molecule has 4 heteroatoms. The molecule has 0 aliphatic rings. The predicted molar refractivity (Wildman–Crippen MR) is 108 cm³/mol. The topological polar surface area (TPSA) is 52.6 Å². The number of ether oxygens (including phenoxy) is 2. The van der Waals surface area contributed by atoms with Gasteiger partial charge in [-0.1, -0.05) is 75.3 Å². The first-order valence-corrected chi connectivity index (χ1v) is 10.5. The number of hydrogen-bond acceptors (Lipinski definition) is 4. The summed E-state index contributed by atoms with van der Waals surface area (Å²) in [6, 6.07) is 8.03. The Labute approximate surface area is 164 Å². The van der Waals surface area contributed by atoms with E-state index in [1.54, 1.807) is 0 Å². The van der Waals surface area contributed by atoms with E-state index in [0.717, 1.165) is 63.4 Å².